The number of oxazole rings is 1. The van der Waals surface area contributed by atoms with Crippen LogP contribution in [0.5, 0.6) is 5.75 Å². The van der Waals surface area contributed by atoms with Gasteiger partial charge in [0, 0.05) is 18.2 Å². The van der Waals surface area contributed by atoms with Gasteiger partial charge in [0.15, 0.2) is 5.89 Å². The van der Waals surface area contributed by atoms with Crippen LogP contribution in [0.2, 0.25) is 0 Å². The van der Waals surface area contributed by atoms with Crippen LogP contribution in [0.3, 0.4) is 0 Å². The summed E-state index contributed by atoms with van der Waals surface area (Å²) in [4.78, 5) is 20.6. The molecule has 1 amide bonds. The summed E-state index contributed by atoms with van der Waals surface area (Å²) in [5.41, 5.74) is 3.46. The first kappa shape index (κ1) is 20.3. The highest BCUT2D eigenvalue weighted by molar-refractivity contribution is 6.00. The van der Waals surface area contributed by atoms with Gasteiger partial charge >= 0.3 is 0 Å². The third kappa shape index (κ3) is 4.42. The van der Waals surface area contributed by atoms with Crippen molar-refractivity contribution < 1.29 is 13.9 Å². The van der Waals surface area contributed by atoms with E-state index >= 15 is 0 Å². The van der Waals surface area contributed by atoms with Crippen molar-refractivity contribution in [3.8, 4) is 17.0 Å². The second-order valence-corrected chi connectivity index (χ2v) is 8.21. The van der Waals surface area contributed by atoms with Crippen molar-refractivity contribution in [2.24, 2.45) is 5.92 Å². The third-order valence-corrected chi connectivity index (χ3v) is 5.96. The van der Waals surface area contributed by atoms with E-state index in [4.69, 9.17) is 9.15 Å². The molecule has 0 aliphatic heterocycles. The van der Waals surface area contributed by atoms with Crippen LogP contribution in [-0.2, 0) is 0 Å². The summed E-state index contributed by atoms with van der Waals surface area (Å²) >= 11 is 0. The number of aromatic nitrogens is 2. The van der Waals surface area contributed by atoms with Crippen molar-refractivity contribution in [3.63, 3.8) is 0 Å². The maximum atomic E-state index is 12.9. The average molecular weight is 408 g/mol. The molecule has 0 atom stereocenters. The van der Waals surface area contributed by atoms with Crippen LogP contribution < -0.4 is 10.1 Å². The molecule has 1 fully saturated rings. The molecule has 2 aromatic heterocycles. The van der Waals surface area contributed by atoms with E-state index < -0.39 is 0 Å². The molecule has 158 valence electrons. The van der Waals surface area contributed by atoms with Crippen LogP contribution in [0.25, 0.3) is 11.3 Å². The maximum Gasteiger partial charge on any atom is 0.253 e. The minimum atomic E-state index is -0.0318. The number of hydrogen-bond donors (Lipinski definition) is 2. The summed E-state index contributed by atoms with van der Waals surface area (Å²) in [5.74, 6) is 3.39. The van der Waals surface area contributed by atoms with Gasteiger partial charge in [0.05, 0.1) is 24.6 Å². The standard InChI is InChI=1S/C24H29N3O3/c1-15-12-21(22(27-15)18-8-10-20(29-3)11-9-18)23(28)25-14-17-4-6-19(7-5-17)24-26-13-16(2)30-24/h8-13,17,19,27H,4-7,14H2,1-3H3,(H,25,28). The quantitative estimate of drug-likeness (QED) is 0.603. The highest BCUT2D eigenvalue weighted by Crippen LogP contribution is 2.35. The Morgan fingerprint density at radius 3 is 2.57 bits per heavy atom. The molecule has 0 saturated heterocycles. The number of hydrogen-bond acceptors (Lipinski definition) is 4. The summed E-state index contributed by atoms with van der Waals surface area (Å²) in [6, 6.07) is 9.65. The number of benzene rings is 1. The van der Waals surface area contributed by atoms with Gasteiger partial charge in [0.1, 0.15) is 11.5 Å². The van der Waals surface area contributed by atoms with Crippen molar-refractivity contribution >= 4 is 5.91 Å². The lowest BCUT2D eigenvalue weighted by atomic mass is 9.82. The minimum absolute atomic E-state index is 0.0318. The van der Waals surface area contributed by atoms with E-state index in [1.54, 1.807) is 13.3 Å². The molecule has 30 heavy (non-hydrogen) atoms. The topological polar surface area (TPSA) is 80.2 Å². The van der Waals surface area contributed by atoms with E-state index in [2.05, 4.69) is 15.3 Å². The molecular weight excluding hydrogens is 378 g/mol. The van der Waals surface area contributed by atoms with Crippen LogP contribution in [0.4, 0.5) is 0 Å². The first-order chi connectivity index (χ1) is 14.5. The molecule has 0 spiro atoms. The Hall–Kier alpha value is -3.02. The van der Waals surface area contributed by atoms with E-state index in [1.807, 2.05) is 44.2 Å². The van der Waals surface area contributed by atoms with Crippen molar-refractivity contribution in [3.05, 3.63) is 59.4 Å². The Morgan fingerprint density at radius 2 is 1.93 bits per heavy atom. The van der Waals surface area contributed by atoms with Crippen molar-refractivity contribution in [2.75, 3.05) is 13.7 Å². The van der Waals surface area contributed by atoms with Crippen LogP contribution >= 0.6 is 0 Å². The molecule has 2 N–H and O–H groups in total. The van der Waals surface area contributed by atoms with Crippen molar-refractivity contribution in [2.45, 2.75) is 45.4 Å². The number of rotatable bonds is 6. The minimum Gasteiger partial charge on any atom is -0.497 e. The first-order valence-electron chi connectivity index (χ1n) is 10.6. The molecule has 3 aromatic rings. The Kier molecular flexibility index (Phi) is 5.93. The molecule has 1 aromatic carbocycles. The second kappa shape index (κ2) is 8.78. The monoisotopic (exact) mass is 407 g/mol. The van der Waals surface area contributed by atoms with Gasteiger partial charge in [0.2, 0.25) is 0 Å². The molecule has 0 radical (unpaired) electrons. The van der Waals surface area contributed by atoms with Gasteiger partial charge in [-0.2, -0.15) is 0 Å². The Bertz CT molecular complexity index is 995. The fraction of sp³-hybridized carbons (Fsp3) is 0.417. The average Bonchev–Trinajstić information content (AvgIpc) is 3.38. The fourth-order valence-corrected chi connectivity index (χ4v) is 4.26. The molecule has 6 heteroatoms. The van der Waals surface area contributed by atoms with Gasteiger partial charge in [0.25, 0.3) is 5.91 Å². The van der Waals surface area contributed by atoms with Gasteiger partial charge in [-0.05, 0) is 81.3 Å². The van der Waals surface area contributed by atoms with Gasteiger partial charge < -0.3 is 19.5 Å². The molecule has 0 bridgehead atoms. The lowest BCUT2D eigenvalue weighted by Gasteiger charge is -2.26. The van der Waals surface area contributed by atoms with Crippen LogP contribution in [0, 0.1) is 19.8 Å². The van der Waals surface area contributed by atoms with Gasteiger partial charge in [-0.1, -0.05) is 0 Å². The smallest absolute Gasteiger partial charge is 0.253 e. The zero-order chi connectivity index (χ0) is 21.1. The van der Waals surface area contributed by atoms with Gasteiger partial charge in [-0.25, -0.2) is 4.98 Å². The number of carbonyl (C=O) groups is 1. The number of amides is 1. The summed E-state index contributed by atoms with van der Waals surface area (Å²) in [7, 11) is 1.65. The number of methoxy groups -OCH3 is 1. The predicted molar refractivity (Wildman–Crippen MR) is 116 cm³/mol. The molecule has 0 unspecified atom stereocenters. The Morgan fingerprint density at radius 1 is 1.20 bits per heavy atom. The lowest BCUT2D eigenvalue weighted by molar-refractivity contribution is 0.0943. The summed E-state index contributed by atoms with van der Waals surface area (Å²) in [6.45, 7) is 4.60. The number of aromatic amines is 1. The SMILES string of the molecule is COc1ccc(-c2[nH]c(C)cc2C(=O)NCC2CCC(c3ncc(C)o3)CC2)cc1. The number of nitrogens with zero attached hydrogens (tertiary/aromatic N) is 1. The highest BCUT2D eigenvalue weighted by Gasteiger charge is 2.26. The molecular formula is C24H29N3O3. The van der Waals surface area contributed by atoms with Crippen LogP contribution in [0.15, 0.2) is 40.9 Å². The van der Waals surface area contributed by atoms with E-state index in [-0.39, 0.29) is 5.91 Å². The molecule has 1 saturated carbocycles. The molecule has 4 rings (SSSR count). The molecule has 2 heterocycles. The maximum absolute atomic E-state index is 12.9. The normalized spacial score (nSPS) is 18.9. The number of aryl methyl sites for hydroxylation is 2. The van der Waals surface area contributed by atoms with E-state index in [0.717, 1.165) is 60.0 Å². The first-order valence-corrected chi connectivity index (χ1v) is 10.6. The highest BCUT2D eigenvalue weighted by atomic mass is 16.5. The molecule has 1 aliphatic rings. The number of nitrogens with one attached hydrogen (secondary N) is 2. The Labute approximate surface area is 177 Å². The van der Waals surface area contributed by atoms with E-state index in [0.29, 0.717) is 23.9 Å². The summed E-state index contributed by atoms with van der Waals surface area (Å²) < 4.78 is 10.9. The van der Waals surface area contributed by atoms with Crippen molar-refractivity contribution in [1.29, 1.82) is 0 Å². The molecule has 1 aliphatic carbocycles. The fourth-order valence-electron chi connectivity index (χ4n) is 4.26. The van der Waals surface area contributed by atoms with Gasteiger partial charge in [-0.15, -0.1) is 0 Å². The molecule has 6 nitrogen and oxygen atoms in total. The zero-order valence-corrected chi connectivity index (χ0v) is 17.8. The predicted octanol–water partition coefficient (Wildman–Crippen LogP) is 5.00. The number of H-pyrrole nitrogens is 1. The van der Waals surface area contributed by atoms with E-state index in [9.17, 15) is 4.79 Å². The number of carbonyl (C=O) groups excluding carboxylic acids is 1. The lowest BCUT2D eigenvalue weighted by Crippen LogP contribution is -2.31. The van der Waals surface area contributed by atoms with Crippen molar-refractivity contribution in [1.82, 2.24) is 15.3 Å². The third-order valence-electron chi connectivity index (χ3n) is 5.96. The summed E-state index contributed by atoms with van der Waals surface area (Å²) in [5, 5.41) is 3.15. The largest absolute Gasteiger partial charge is 0.497 e. The van der Waals surface area contributed by atoms with Crippen LogP contribution in [0.1, 0.15) is 59.3 Å². The number of ether oxygens (including phenoxy) is 1. The zero-order valence-electron chi connectivity index (χ0n) is 17.8. The second-order valence-electron chi connectivity index (χ2n) is 8.21. The van der Waals surface area contributed by atoms with Crippen LogP contribution in [-0.4, -0.2) is 29.5 Å². The Balaban J connectivity index is 1.35. The van der Waals surface area contributed by atoms with Gasteiger partial charge in [-0.3, -0.25) is 4.79 Å². The summed E-state index contributed by atoms with van der Waals surface area (Å²) in [6.07, 6.45) is 6.05. The van der Waals surface area contributed by atoms with E-state index in [1.165, 1.54) is 0 Å².